The number of carbonyl (C=O) groups excluding carboxylic acids is 1. The topological polar surface area (TPSA) is 113 Å². The standard InChI is InChI=1S/C37H64FNO6Si2/c1-26(19-20-32(45-47(12,13)36(4,5)6)31(38)24-29-25-44-28(3)39-29)16-14-17-27(2)34(42)30(18-15-23-46(9,10)11)35(43)37(7,8)33(41)21-22-40/h19,24-25,27,30,32-34,40-42H,14,16-18,20-22H2,1-13H3. The molecule has 268 valence electrons. The fourth-order valence-electron chi connectivity index (χ4n) is 5.03. The van der Waals surface area contributed by atoms with E-state index in [-0.39, 0.29) is 42.0 Å². The van der Waals surface area contributed by atoms with Gasteiger partial charge in [-0.15, -0.1) is 11.5 Å². The summed E-state index contributed by atoms with van der Waals surface area (Å²) >= 11 is 0. The van der Waals surface area contributed by atoms with Gasteiger partial charge in [0.1, 0.15) is 37.7 Å². The summed E-state index contributed by atoms with van der Waals surface area (Å²) in [6.45, 7) is 25.8. The molecule has 10 heteroatoms. The van der Waals surface area contributed by atoms with Crippen LogP contribution in [-0.2, 0) is 9.22 Å². The van der Waals surface area contributed by atoms with E-state index in [1.807, 2.05) is 19.9 Å². The zero-order valence-corrected chi connectivity index (χ0v) is 33.5. The SMILES string of the molecule is CC(=CCC(O[Si](C)(C)C(C)(C)C)C(F)=Cc1coc(C)n1)CCCC(C)C(O)C(CC#C[Si](C)(C)C)C(=O)C(C)(C)C(O)CCO. The smallest absolute Gasteiger partial charge is 0.193 e. The summed E-state index contributed by atoms with van der Waals surface area (Å²) in [7, 11) is -3.96. The summed E-state index contributed by atoms with van der Waals surface area (Å²) in [6, 6.07) is 0. The lowest BCUT2D eigenvalue weighted by Crippen LogP contribution is -2.46. The number of nitrogens with zero attached hydrogens (tertiary/aromatic N) is 1. The molecule has 5 unspecified atom stereocenters. The van der Waals surface area contributed by atoms with Gasteiger partial charge in [0.2, 0.25) is 0 Å². The molecule has 0 bridgehead atoms. The van der Waals surface area contributed by atoms with Crippen molar-refractivity contribution < 1.29 is 33.3 Å². The third-order valence-electron chi connectivity index (χ3n) is 9.37. The average Bonchev–Trinajstić information content (AvgIpc) is 3.35. The number of rotatable bonds is 18. The van der Waals surface area contributed by atoms with Crippen LogP contribution < -0.4 is 0 Å². The number of hydrogen-bond donors (Lipinski definition) is 3. The molecule has 0 aliphatic carbocycles. The van der Waals surface area contributed by atoms with Gasteiger partial charge < -0.3 is 24.2 Å². The second kappa shape index (κ2) is 18.2. The number of allylic oxidation sites excluding steroid dienone is 1. The van der Waals surface area contributed by atoms with Gasteiger partial charge in [-0.2, -0.15) is 0 Å². The molecule has 1 heterocycles. The highest BCUT2D eigenvalue weighted by atomic mass is 28.4. The lowest BCUT2D eigenvalue weighted by molar-refractivity contribution is -0.142. The fraction of sp³-hybridized carbons (Fsp3) is 0.730. The Morgan fingerprint density at radius 2 is 1.74 bits per heavy atom. The minimum atomic E-state index is -2.28. The summed E-state index contributed by atoms with van der Waals surface area (Å²) < 4.78 is 27.4. The molecule has 0 fully saturated rings. The Bertz CT molecular complexity index is 1260. The van der Waals surface area contributed by atoms with E-state index >= 15 is 4.39 Å². The van der Waals surface area contributed by atoms with Gasteiger partial charge in [-0.3, -0.25) is 4.79 Å². The van der Waals surface area contributed by atoms with Crippen LogP contribution in [-0.4, -0.2) is 67.4 Å². The number of oxazole rings is 1. The number of aromatic nitrogens is 1. The number of ketones is 1. The van der Waals surface area contributed by atoms with Crippen LogP contribution in [0.15, 0.2) is 28.2 Å². The molecule has 0 aliphatic heterocycles. The van der Waals surface area contributed by atoms with Crippen LogP contribution in [0.2, 0.25) is 37.8 Å². The Kier molecular flexibility index (Phi) is 16.7. The molecule has 7 nitrogen and oxygen atoms in total. The van der Waals surface area contributed by atoms with Crippen LogP contribution in [0.3, 0.4) is 0 Å². The normalized spacial score (nSPS) is 17.0. The van der Waals surface area contributed by atoms with Gasteiger partial charge in [0, 0.05) is 31.4 Å². The van der Waals surface area contributed by atoms with Crippen LogP contribution in [0, 0.1) is 35.6 Å². The minimum absolute atomic E-state index is 0.0859. The second-order valence-corrected chi connectivity index (χ2v) is 25.8. The van der Waals surface area contributed by atoms with Crippen molar-refractivity contribution in [2.75, 3.05) is 6.61 Å². The number of carbonyl (C=O) groups is 1. The second-order valence-electron chi connectivity index (χ2n) is 16.3. The van der Waals surface area contributed by atoms with E-state index in [1.54, 1.807) is 20.8 Å². The maximum absolute atomic E-state index is 15.6. The fourth-order valence-corrected chi connectivity index (χ4v) is 6.94. The van der Waals surface area contributed by atoms with Crippen LogP contribution in [0.5, 0.6) is 0 Å². The van der Waals surface area contributed by atoms with Crippen molar-refractivity contribution in [3.63, 3.8) is 0 Å². The van der Waals surface area contributed by atoms with E-state index in [1.165, 1.54) is 12.3 Å². The molecule has 1 aromatic heterocycles. The lowest BCUT2D eigenvalue weighted by Gasteiger charge is -2.38. The van der Waals surface area contributed by atoms with E-state index < -0.39 is 46.0 Å². The highest BCUT2D eigenvalue weighted by molar-refractivity contribution is 6.83. The Morgan fingerprint density at radius 1 is 1.13 bits per heavy atom. The van der Waals surface area contributed by atoms with Crippen molar-refractivity contribution in [3.05, 3.63) is 35.3 Å². The van der Waals surface area contributed by atoms with Gasteiger partial charge in [0.15, 0.2) is 14.2 Å². The van der Waals surface area contributed by atoms with Gasteiger partial charge >= 0.3 is 0 Å². The first-order valence-electron chi connectivity index (χ1n) is 17.1. The summed E-state index contributed by atoms with van der Waals surface area (Å²) in [5.41, 5.74) is 3.69. The molecule has 0 saturated heterocycles. The first-order valence-corrected chi connectivity index (χ1v) is 23.5. The Morgan fingerprint density at radius 3 is 2.26 bits per heavy atom. The van der Waals surface area contributed by atoms with Crippen molar-refractivity contribution in [2.24, 2.45) is 17.3 Å². The van der Waals surface area contributed by atoms with Gasteiger partial charge in [-0.25, -0.2) is 9.37 Å². The molecule has 0 amide bonds. The number of hydrogen-bond acceptors (Lipinski definition) is 7. The molecule has 47 heavy (non-hydrogen) atoms. The van der Waals surface area contributed by atoms with E-state index in [0.717, 1.165) is 18.4 Å². The van der Waals surface area contributed by atoms with Crippen LogP contribution in [0.1, 0.15) is 98.6 Å². The summed E-state index contributed by atoms with van der Waals surface area (Å²) in [5.74, 6) is 2.10. The first-order chi connectivity index (χ1) is 21.4. The number of aryl methyl sites for hydroxylation is 1. The van der Waals surface area contributed by atoms with Gasteiger partial charge in [-0.05, 0) is 63.1 Å². The van der Waals surface area contributed by atoms with E-state index in [9.17, 15) is 20.1 Å². The minimum Gasteiger partial charge on any atom is -0.449 e. The number of aliphatic hydroxyl groups excluding tert-OH is 3. The van der Waals surface area contributed by atoms with Crippen LogP contribution in [0.25, 0.3) is 6.08 Å². The molecule has 0 spiro atoms. The van der Waals surface area contributed by atoms with E-state index in [4.69, 9.17) is 8.84 Å². The van der Waals surface area contributed by atoms with E-state index in [0.29, 0.717) is 24.4 Å². The van der Waals surface area contributed by atoms with Crippen LogP contribution >= 0.6 is 0 Å². The predicted octanol–water partition coefficient (Wildman–Crippen LogP) is 8.41. The largest absolute Gasteiger partial charge is 0.449 e. The van der Waals surface area contributed by atoms with Crippen molar-refractivity contribution in [3.8, 4) is 11.5 Å². The predicted molar refractivity (Wildman–Crippen MR) is 196 cm³/mol. The van der Waals surface area contributed by atoms with Crippen molar-refractivity contribution in [1.82, 2.24) is 4.98 Å². The van der Waals surface area contributed by atoms with E-state index in [2.05, 4.69) is 70.0 Å². The summed E-state index contributed by atoms with van der Waals surface area (Å²) in [5, 5.41) is 31.4. The molecule has 1 aromatic rings. The number of Topliss-reactive ketones (excluding diaryl/α,β-unsaturated/α-hetero) is 1. The zero-order valence-electron chi connectivity index (χ0n) is 31.5. The highest BCUT2D eigenvalue weighted by Crippen LogP contribution is 2.39. The molecule has 3 N–H and O–H groups in total. The summed E-state index contributed by atoms with van der Waals surface area (Å²) in [4.78, 5) is 17.9. The third-order valence-corrected chi connectivity index (χ3v) is 14.8. The van der Waals surface area contributed by atoms with Gasteiger partial charge in [0.05, 0.1) is 18.1 Å². The van der Waals surface area contributed by atoms with Gasteiger partial charge in [0.25, 0.3) is 0 Å². The van der Waals surface area contributed by atoms with Crippen LogP contribution in [0.4, 0.5) is 4.39 Å². The third kappa shape index (κ3) is 14.2. The lowest BCUT2D eigenvalue weighted by atomic mass is 9.71. The maximum atomic E-state index is 15.6. The van der Waals surface area contributed by atoms with Crippen molar-refractivity contribution in [1.29, 1.82) is 0 Å². The quantitative estimate of drug-likeness (QED) is 0.0804. The molecule has 0 radical (unpaired) electrons. The molecule has 5 atom stereocenters. The van der Waals surface area contributed by atoms with Gasteiger partial charge in [-0.1, -0.05) is 72.8 Å². The molecule has 0 aliphatic rings. The Balaban J connectivity index is 3.06. The zero-order chi connectivity index (χ0) is 36.4. The first kappa shape index (κ1) is 43.1. The molecule has 0 aromatic carbocycles. The average molecular weight is 694 g/mol. The maximum Gasteiger partial charge on any atom is 0.193 e. The molecule has 1 rings (SSSR count). The highest BCUT2D eigenvalue weighted by Gasteiger charge is 2.43. The Labute approximate surface area is 286 Å². The molecular formula is C37H64FNO6Si2. The molecule has 0 saturated carbocycles. The molecular weight excluding hydrogens is 630 g/mol. The monoisotopic (exact) mass is 693 g/mol. The number of aliphatic hydroxyl groups is 3. The van der Waals surface area contributed by atoms with Crippen molar-refractivity contribution in [2.45, 2.75) is 150 Å². The Hall–Kier alpha value is -1.88. The van der Waals surface area contributed by atoms with Crippen molar-refractivity contribution >= 4 is 28.3 Å². The summed E-state index contributed by atoms with van der Waals surface area (Å²) in [6.07, 6.45) is 5.08. The number of halogens is 1.